The summed E-state index contributed by atoms with van der Waals surface area (Å²) in [5.74, 6) is 12.3. The maximum Gasteiger partial charge on any atom is 0.173 e. The molecule has 0 fully saturated rings. The zero-order valence-corrected chi connectivity index (χ0v) is 9.05. The van der Waals surface area contributed by atoms with Crippen molar-refractivity contribution in [3.8, 4) is 5.75 Å². The molecule has 0 aromatic heterocycles. The number of hydrazone groups is 1. The maximum absolute atomic E-state index is 5.90. The van der Waals surface area contributed by atoms with Crippen LogP contribution in [0, 0.1) is 0 Å². The molecular formula is C10H15N5O. The van der Waals surface area contributed by atoms with Crippen molar-refractivity contribution >= 4 is 11.5 Å². The van der Waals surface area contributed by atoms with Gasteiger partial charge in [0.05, 0.1) is 17.3 Å². The van der Waals surface area contributed by atoms with Crippen LogP contribution in [0.2, 0.25) is 0 Å². The second-order valence-electron chi connectivity index (χ2n) is 3.74. The molecular weight excluding hydrogens is 206 g/mol. The molecule has 0 aliphatic carbocycles. The van der Waals surface area contributed by atoms with Gasteiger partial charge in [0.2, 0.25) is 0 Å². The number of benzene rings is 1. The van der Waals surface area contributed by atoms with Gasteiger partial charge >= 0.3 is 0 Å². The van der Waals surface area contributed by atoms with Crippen molar-refractivity contribution in [1.82, 2.24) is 5.01 Å². The lowest BCUT2D eigenvalue weighted by Crippen LogP contribution is -2.46. The summed E-state index contributed by atoms with van der Waals surface area (Å²) >= 11 is 0. The number of nitrogens with two attached hydrogens (primary N) is 3. The second-order valence-corrected chi connectivity index (χ2v) is 3.74. The Morgan fingerprint density at radius 3 is 2.94 bits per heavy atom. The van der Waals surface area contributed by atoms with E-state index in [2.05, 4.69) is 5.10 Å². The third-order valence-corrected chi connectivity index (χ3v) is 2.60. The van der Waals surface area contributed by atoms with Crippen LogP contribution in [0.15, 0.2) is 23.3 Å². The van der Waals surface area contributed by atoms with Crippen molar-refractivity contribution in [3.05, 3.63) is 23.8 Å². The second kappa shape index (κ2) is 3.90. The number of rotatable bonds is 0. The first-order chi connectivity index (χ1) is 7.65. The fraction of sp³-hybridized carbons (Fsp3) is 0.300. The van der Waals surface area contributed by atoms with Crippen molar-refractivity contribution in [2.24, 2.45) is 16.8 Å². The highest BCUT2D eigenvalue weighted by Crippen LogP contribution is 2.29. The number of nitrogens with zero attached hydrogens (tertiary/aromatic N) is 2. The van der Waals surface area contributed by atoms with E-state index in [-0.39, 0.29) is 6.04 Å². The van der Waals surface area contributed by atoms with E-state index in [4.69, 9.17) is 22.2 Å². The Kier molecular flexibility index (Phi) is 2.57. The van der Waals surface area contributed by atoms with E-state index < -0.39 is 0 Å². The van der Waals surface area contributed by atoms with Crippen LogP contribution in [0.25, 0.3) is 0 Å². The zero-order valence-electron chi connectivity index (χ0n) is 9.05. The average molecular weight is 221 g/mol. The molecule has 6 nitrogen and oxygen atoms in total. The third-order valence-electron chi connectivity index (χ3n) is 2.60. The maximum atomic E-state index is 5.90. The van der Waals surface area contributed by atoms with Crippen molar-refractivity contribution < 1.29 is 4.74 Å². The van der Waals surface area contributed by atoms with E-state index in [9.17, 15) is 0 Å². The van der Waals surface area contributed by atoms with Crippen LogP contribution in [-0.4, -0.2) is 23.5 Å². The highest BCUT2D eigenvalue weighted by Gasteiger charge is 2.25. The Hall–Kier alpha value is -1.95. The SMILES string of the molecule is C[C@H]1COc2c(N)cccc2/C(=N/N)N1N. The minimum Gasteiger partial charge on any atom is -0.488 e. The minimum absolute atomic E-state index is 0.0194. The van der Waals surface area contributed by atoms with Gasteiger partial charge in [0.15, 0.2) is 11.6 Å². The fourth-order valence-electron chi connectivity index (χ4n) is 1.66. The van der Waals surface area contributed by atoms with Crippen LogP contribution in [0.1, 0.15) is 12.5 Å². The van der Waals surface area contributed by atoms with Crippen molar-refractivity contribution in [1.29, 1.82) is 0 Å². The molecule has 0 spiro atoms. The number of hydrogen-bond donors (Lipinski definition) is 3. The predicted octanol–water partition coefficient (Wildman–Crippen LogP) is -0.154. The third kappa shape index (κ3) is 1.53. The van der Waals surface area contributed by atoms with Crippen LogP contribution >= 0.6 is 0 Å². The Labute approximate surface area is 93.6 Å². The molecule has 6 N–H and O–H groups in total. The van der Waals surface area contributed by atoms with E-state index in [1.165, 1.54) is 5.01 Å². The molecule has 86 valence electrons. The summed E-state index contributed by atoms with van der Waals surface area (Å²) in [7, 11) is 0. The lowest BCUT2D eigenvalue weighted by Gasteiger charge is -2.22. The molecule has 16 heavy (non-hydrogen) atoms. The van der Waals surface area contributed by atoms with E-state index in [0.717, 1.165) is 0 Å². The predicted molar refractivity (Wildman–Crippen MR) is 62.6 cm³/mol. The summed E-state index contributed by atoms with van der Waals surface area (Å²) in [6.45, 7) is 2.37. The molecule has 2 rings (SSSR count). The van der Waals surface area contributed by atoms with Gasteiger partial charge in [0.1, 0.15) is 6.61 Å². The number of amidine groups is 1. The summed E-state index contributed by atoms with van der Waals surface area (Å²) in [5.41, 5.74) is 7.11. The summed E-state index contributed by atoms with van der Waals surface area (Å²) in [6, 6.07) is 5.39. The molecule has 0 saturated heterocycles. The van der Waals surface area contributed by atoms with E-state index in [1.807, 2.05) is 19.1 Å². The van der Waals surface area contributed by atoms with E-state index in [1.54, 1.807) is 6.07 Å². The average Bonchev–Trinajstić information content (AvgIpc) is 2.39. The molecule has 0 amide bonds. The Balaban J connectivity index is 2.58. The van der Waals surface area contributed by atoms with Crippen LogP contribution in [0.3, 0.4) is 0 Å². The standard InChI is InChI=1S/C10H15N5O/c1-6-5-16-9-7(3-2-4-8(9)11)10(14-12)15(6)13/h2-4,6H,5,11-13H2,1H3/b14-10-/t6-/m0/s1. The first-order valence-electron chi connectivity index (χ1n) is 4.98. The molecule has 0 bridgehead atoms. The summed E-state index contributed by atoms with van der Waals surface area (Å²) in [6.07, 6.45) is 0. The number of ether oxygens (including phenoxy) is 1. The van der Waals surface area contributed by atoms with Crippen molar-refractivity contribution in [2.75, 3.05) is 12.3 Å². The van der Waals surface area contributed by atoms with Gasteiger partial charge in [0, 0.05) is 0 Å². The highest BCUT2D eigenvalue weighted by molar-refractivity contribution is 6.02. The van der Waals surface area contributed by atoms with Gasteiger partial charge < -0.3 is 16.3 Å². The Morgan fingerprint density at radius 2 is 2.25 bits per heavy atom. The smallest absolute Gasteiger partial charge is 0.173 e. The van der Waals surface area contributed by atoms with Crippen LogP contribution in [0.4, 0.5) is 5.69 Å². The van der Waals surface area contributed by atoms with Gasteiger partial charge in [-0.25, -0.2) is 5.84 Å². The number of para-hydroxylation sites is 1. The first-order valence-corrected chi connectivity index (χ1v) is 4.98. The van der Waals surface area contributed by atoms with Crippen molar-refractivity contribution in [2.45, 2.75) is 13.0 Å². The molecule has 1 atom stereocenters. The largest absolute Gasteiger partial charge is 0.488 e. The topological polar surface area (TPSA) is 103 Å². The van der Waals surface area contributed by atoms with Gasteiger partial charge in [-0.3, -0.25) is 5.01 Å². The monoisotopic (exact) mass is 221 g/mol. The zero-order chi connectivity index (χ0) is 11.7. The van der Waals surface area contributed by atoms with Crippen molar-refractivity contribution in [3.63, 3.8) is 0 Å². The minimum atomic E-state index is -0.0194. The Morgan fingerprint density at radius 1 is 1.50 bits per heavy atom. The van der Waals surface area contributed by atoms with Crippen LogP contribution in [0.5, 0.6) is 5.75 Å². The van der Waals surface area contributed by atoms with Gasteiger partial charge in [-0.2, -0.15) is 5.10 Å². The number of nitrogen functional groups attached to an aromatic ring is 1. The first kappa shape index (κ1) is 10.6. The van der Waals surface area contributed by atoms with E-state index >= 15 is 0 Å². The fourth-order valence-corrected chi connectivity index (χ4v) is 1.66. The van der Waals surface area contributed by atoms with Crippen LogP contribution < -0.4 is 22.2 Å². The molecule has 1 aliphatic rings. The highest BCUT2D eigenvalue weighted by atomic mass is 16.5. The summed E-state index contributed by atoms with van der Waals surface area (Å²) in [5, 5.41) is 5.19. The van der Waals surface area contributed by atoms with Gasteiger partial charge in [-0.05, 0) is 19.1 Å². The lowest BCUT2D eigenvalue weighted by molar-refractivity contribution is 0.222. The number of hydrogen-bond acceptors (Lipinski definition) is 5. The number of fused-ring (bicyclic) bond motifs is 1. The summed E-state index contributed by atoms with van der Waals surface area (Å²) < 4.78 is 5.61. The molecule has 0 radical (unpaired) electrons. The normalized spacial score (nSPS) is 22.5. The molecule has 1 heterocycles. The summed E-state index contributed by atoms with van der Waals surface area (Å²) in [4.78, 5) is 0. The van der Waals surface area contributed by atoms with Crippen LogP contribution in [-0.2, 0) is 0 Å². The van der Waals surface area contributed by atoms with Gasteiger partial charge in [0.25, 0.3) is 0 Å². The molecule has 1 aromatic carbocycles. The molecule has 0 saturated carbocycles. The quantitative estimate of drug-likeness (QED) is 0.321. The molecule has 6 heteroatoms. The number of hydrazine groups is 1. The Bertz CT molecular complexity index is 431. The van der Waals surface area contributed by atoms with E-state index in [0.29, 0.717) is 29.4 Å². The molecule has 1 aliphatic heterocycles. The lowest BCUT2D eigenvalue weighted by atomic mass is 10.1. The molecule has 0 unspecified atom stereocenters. The molecule has 1 aromatic rings. The van der Waals surface area contributed by atoms with Gasteiger partial charge in [-0.15, -0.1) is 0 Å². The number of anilines is 1. The van der Waals surface area contributed by atoms with Gasteiger partial charge in [-0.1, -0.05) is 6.07 Å².